The van der Waals surface area contributed by atoms with Crippen molar-refractivity contribution in [3.8, 4) is 22.6 Å². The lowest BCUT2D eigenvalue weighted by atomic mass is 10.1. The summed E-state index contributed by atoms with van der Waals surface area (Å²) in [4.78, 5) is 3.91. The summed E-state index contributed by atoms with van der Waals surface area (Å²) in [5.74, 6) is -0.625. The van der Waals surface area contributed by atoms with Gasteiger partial charge in [-0.15, -0.1) is 0 Å². The van der Waals surface area contributed by atoms with Gasteiger partial charge in [0, 0.05) is 28.0 Å². The molecule has 0 aromatic heterocycles. The minimum Gasteiger partial charge on any atom is -0.457 e. The number of benzene rings is 4. The van der Waals surface area contributed by atoms with Crippen LogP contribution in [0.15, 0.2) is 106 Å². The maximum atomic E-state index is 13.4. The third kappa shape index (κ3) is 2.96. The Hall–Kier alpha value is -3.11. The molecule has 138 valence electrons. The van der Waals surface area contributed by atoms with Crippen LogP contribution in [-0.4, -0.2) is 0 Å². The van der Waals surface area contributed by atoms with Crippen LogP contribution >= 0.6 is 10.9 Å². The Balaban J connectivity index is 1.49. The van der Waals surface area contributed by atoms with E-state index in [2.05, 4.69) is 48.5 Å². The van der Waals surface area contributed by atoms with Gasteiger partial charge in [-0.3, -0.25) is 0 Å². The van der Waals surface area contributed by atoms with E-state index in [1.54, 1.807) is 0 Å². The van der Waals surface area contributed by atoms with E-state index in [9.17, 15) is 8.78 Å². The molecule has 0 saturated carbocycles. The zero-order valence-corrected chi connectivity index (χ0v) is 15.7. The highest BCUT2D eigenvalue weighted by atomic mass is 32.2. The van der Waals surface area contributed by atoms with E-state index in [0.717, 1.165) is 6.07 Å². The van der Waals surface area contributed by atoms with Crippen LogP contribution in [0.2, 0.25) is 0 Å². The first-order valence-corrected chi connectivity index (χ1v) is 10.3. The summed E-state index contributed by atoms with van der Waals surface area (Å²) in [6, 6.07) is 28.0. The van der Waals surface area contributed by atoms with E-state index in [1.165, 1.54) is 37.9 Å². The molecule has 0 aliphatic carbocycles. The Morgan fingerprint density at radius 3 is 1.68 bits per heavy atom. The summed E-state index contributed by atoms with van der Waals surface area (Å²) in [5, 5.41) is 0. The van der Waals surface area contributed by atoms with Crippen LogP contribution in [0.5, 0.6) is 11.5 Å². The molecule has 0 N–H and O–H groups in total. The number of hydrogen-bond donors (Lipinski definition) is 1. The zero-order valence-electron chi connectivity index (χ0n) is 14.8. The van der Waals surface area contributed by atoms with Crippen molar-refractivity contribution in [2.45, 2.75) is 14.7 Å². The number of thiol groups is 1. The van der Waals surface area contributed by atoms with Gasteiger partial charge in [-0.2, -0.15) is 10.9 Å². The molecule has 1 aliphatic rings. The largest absolute Gasteiger partial charge is 0.457 e. The van der Waals surface area contributed by atoms with Crippen LogP contribution in [0.1, 0.15) is 0 Å². The number of fused-ring (bicyclic) bond motifs is 3. The van der Waals surface area contributed by atoms with E-state index in [1.807, 2.05) is 24.3 Å². The van der Waals surface area contributed by atoms with Crippen LogP contribution in [0.4, 0.5) is 8.78 Å². The molecular formula is C24H16F2OS. The second kappa shape index (κ2) is 6.80. The molecule has 28 heavy (non-hydrogen) atoms. The Labute approximate surface area is 164 Å². The van der Waals surface area contributed by atoms with Crippen LogP contribution in [0, 0.1) is 11.6 Å². The predicted octanol–water partition coefficient (Wildman–Crippen LogP) is 7.22. The Morgan fingerprint density at radius 1 is 0.571 bits per heavy atom. The van der Waals surface area contributed by atoms with E-state index in [0.29, 0.717) is 5.75 Å². The number of halogens is 2. The van der Waals surface area contributed by atoms with Gasteiger partial charge in [0.05, 0.1) is 0 Å². The van der Waals surface area contributed by atoms with E-state index < -0.39 is 22.5 Å². The number of rotatable bonds is 3. The van der Waals surface area contributed by atoms with Gasteiger partial charge in [0.15, 0.2) is 0 Å². The lowest BCUT2D eigenvalue weighted by molar-refractivity contribution is 0.468. The van der Waals surface area contributed by atoms with Crippen LogP contribution < -0.4 is 4.74 Å². The van der Waals surface area contributed by atoms with Crippen molar-refractivity contribution >= 4 is 10.9 Å². The van der Waals surface area contributed by atoms with Crippen molar-refractivity contribution in [2.24, 2.45) is 0 Å². The smallest absolute Gasteiger partial charge is 0.133 e. The van der Waals surface area contributed by atoms with Crippen molar-refractivity contribution in [1.82, 2.24) is 0 Å². The van der Waals surface area contributed by atoms with Gasteiger partial charge in [-0.05, 0) is 52.4 Å². The second-order valence-electron chi connectivity index (χ2n) is 6.57. The lowest BCUT2D eigenvalue weighted by Gasteiger charge is -2.19. The summed E-state index contributed by atoms with van der Waals surface area (Å²) in [5.41, 5.74) is 2.58. The molecule has 4 aromatic carbocycles. The monoisotopic (exact) mass is 390 g/mol. The molecule has 1 aliphatic heterocycles. The van der Waals surface area contributed by atoms with Gasteiger partial charge in [-0.25, -0.2) is 8.78 Å². The molecule has 1 nitrogen and oxygen atoms in total. The topological polar surface area (TPSA) is 9.23 Å². The highest BCUT2D eigenvalue weighted by Gasteiger charge is 2.26. The van der Waals surface area contributed by atoms with E-state index in [-0.39, 0.29) is 5.75 Å². The summed E-state index contributed by atoms with van der Waals surface area (Å²) in [6.45, 7) is 0. The second-order valence-corrected chi connectivity index (χ2v) is 8.72. The molecule has 0 fully saturated rings. The first-order valence-electron chi connectivity index (χ1n) is 8.92. The molecule has 0 radical (unpaired) electrons. The summed E-state index contributed by atoms with van der Waals surface area (Å²) < 4.78 is 32.4. The first-order chi connectivity index (χ1) is 13.7. The molecule has 1 heterocycles. The van der Waals surface area contributed by atoms with Crippen molar-refractivity contribution in [1.29, 1.82) is 0 Å². The molecule has 0 unspecified atom stereocenters. The minimum absolute atomic E-state index is 0.146. The van der Waals surface area contributed by atoms with Crippen molar-refractivity contribution in [3.05, 3.63) is 103 Å². The molecule has 0 atom stereocenters. The standard InChI is InChI=1S/C24H16F2OS/c25-16-13-17(26)15-19(14-16)27-18-9-11-20(12-10-18)28-23-7-3-1-5-21(23)22-6-2-4-8-24(22)28/h1-15,28H. The third-order valence-electron chi connectivity index (χ3n) is 4.75. The molecule has 0 spiro atoms. The van der Waals surface area contributed by atoms with Gasteiger partial charge < -0.3 is 4.74 Å². The quantitative estimate of drug-likeness (QED) is 0.320. The van der Waals surface area contributed by atoms with Crippen molar-refractivity contribution < 1.29 is 13.5 Å². The normalized spacial score (nSPS) is 13.1. The van der Waals surface area contributed by atoms with E-state index in [4.69, 9.17) is 4.74 Å². The molecule has 0 amide bonds. The number of ether oxygens (including phenoxy) is 1. The van der Waals surface area contributed by atoms with Crippen LogP contribution in [0.25, 0.3) is 11.1 Å². The van der Waals surface area contributed by atoms with Crippen molar-refractivity contribution in [3.63, 3.8) is 0 Å². The van der Waals surface area contributed by atoms with Gasteiger partial charge in [0.1, 0.15) is 23.1 Å². The molecule has 0 saturated heterocycles. The van der Waals surface area contributed by atoms with Gasteiger partial charge in [0.2, 0.25) is 0 Å². The average Bonchev–Trinajstić information content (AvgIpc) is 3.03. The van der Waals surface area contributed by atoms with Gasteiger partial charge in [-0.1, -0.05) is 36.4 Å². The highest BCUT2D eigenvalue weighted by Crippen LogP contribution is 2.62. The Bertz CT molecular complexity index is 1110. The minimum atomic E-state index is -0.658. The summed E-state index contributed by atoms with van der Waals surface area (Å²) in [6.07, 6.45) is 0. The van der Waals surface area contributed by atoms with Crippen molar-refractivity contribution in [2.75, 3.05) is 0 Å². The lowest BCUT2D eigenvalue weighted by Crippen LogP contribution is -1.88. The average molecular weight is 390 g/mol. The highest BCUT2D eigenvalue weighted by molar-refractivity contribution is 8.17. The molecule has 4 aromatic rings. The first kappa shape index (κ1) is 17.0. The zero-order chi connectivity index (χ0) is 19.1. The fourth-order valence-corrected chi connectivity index (χ4v) is 6.19. The molecule has 5 rings (SSSR count). The molecular weight excluding hydrogens is 374 g/mol. The molecule has 0 bridgehead atoms. The maximum Gasteiger partial charge on any atom is 0.133 e. The number of hydrogen-bond acceptors (Lipinski definition) is 1. The maximum absolute atomic E-state index is 13.4. The SMILES string of the molecule is Fc1cc(F)cc(Oc2ccc([SH]3c4ccccc4-c4ccccc43)cc2)c1. The Morgan fingerprint density at radius 2 is 1.11 bits per heavy atom. The van der Waals surface area contributed by atoms with Crippen LogP contribution in [0.3, 0.4) is 0 Å². The predicted molar refractivity (Wildman–Crippen MR) is 109 cm³/mol. The van der Waals surface area contributed by atoms with Gasteiger partial charge in [0.25, 0.3) is 0 Å². The molecule has 4 heteroatoms. The van der Waals surface area contributed by atoms with E-state index >= 15 is 0 Å². The van der Waals surface area contributed by atoms with Gasteiger partial charge >= 0.3 is 0 Å². The van der Waals surface area contributed by atoms with Crippen LogP contribution in [-0.2, 0) is 0 Å². The summed E-state index contributed by atoms with van der Waals surface area (Å²) in [7, 11) is -0.629. The fraction of sp³-hybridized carbons (Fsp3) is 0. The third-order valence-corrected chi connectivity index (χ3v) is 7.30. The summed E-state index contributed by atoms with van der Waals surface area (Å²) >= 11 is 0. The Kier molecular flexibility index (Phi) is 4.14. The fourth-order valence-electron chi connectivity index (χ4n) is 3.59.